The molecule has 0 aliphatic carbocycles. The van der Waals surface area contributed by atoms with Crippen LogP contribution in [-0.2, 0) is 5.60 Å². The molecule has 1 aromatic rings. The fourth-order valence-electron chi connectivity index (χ4n) is 3.22. The Morgan fingerprint density at radius 2 is 1.69 bits per heavy atom. The van der Waals surface area contributed by atoms with E-state index in [9.17, 15) is 5.11 Å². The maximum absolute atomic E-state index is 10.8. The van der Waals surface area contributed by atoms with Gasteiger partial charge in [-0.1, -0.05) is 29.8 Å². The minimum absolute atomic E-state index is 0.519. The minimum Gasteiger partial charge on any atom is -0.385 e. The van der Waals surface area contributed by atoms with Gasteiger partial charge in [0.2, 0.25) is 0 Å². The van der Waals surface area contributed by atoms with Gasteiger partial charge in [-0.3, -0.25) is 0 Å². The highest BCUT2D eigenvalue weighted by molar-refractivity contribution is 5.28. The third-order valence-electron chi connectivity index (χ3n) is 4.09. The van der Waals surface area contributed by atoms with Crippen LogP contribution >= 0.6 is 0 Å². The molecule has 2 saturated heterocycles. The van der Waals surface area contributed by atoms with Crippen LogP contribution in [0.5, 0.6) is 0 Å². The van der Waals surface area contributed by atoms with Crippen molar-refractivity contribution < 1.29 is 5.11 Å². The van der Waals surface area contributed by atoms with Crippen LogP contribution in [0, 0.1) is 6.92 Å². The Morgan fingerprint density at radius 1 is 1.12 bits per heavy atom. The Labute approximate surface area is 96.7 Å². The number of hydrogen-bond donors (Lipinski definition) is 2. The van der Waals surface area contributed by atoms with Crippen LogP contribution in [0.25, 0.3) is 0 Å². The number of aliphatic hydroxyl groups is 1. The first-order valence-corrected chi connectivity index (χ1v) is 6.21. The van der Waals surface area contributed by atoms with Crippen molar-refractivity contribution in [2.75, 3.05) is 0 Å². The molecule has 0 spiro atoms. The van der Waals surface area contributed by atoms with Crippen molar-refractivity contribution in [3.05, 3.63) is 35.4 Å². The Hall–Kier alpha value is -0.860. The number of aryl methyl sites for hydroxylation is 1. The van der Waals surface area contributed by atoms with E-state index < -0.39 is 5.60 Å². The second-order valence-corrected chi connectivity index (χ2v) is 5.44. The number of nitrogens with one attached hydrogen (secondary N) is 1. The van der Waals surface area contributed by atoms with Crippen LogP contribution in [0.1, 0.15) is 36.8 Å². The van der Waals surface area contributed by atoms with Crippen LogP contribution in [0.4, 0.5) is 0 Å². The van der Waals surface area contributed by atoms with E-state index in [0.29, 0.717) is 12.1 Å². The maximum atomic E-state index is 10.8. The fourth-order valence-corrected chi connectivity index (χ4v) is 3.22. The normalized spacial score (nSPS) is 37.6. The van der Waals surface area contributed by atoms with Gasteiger partial charge in [-0.15, -0.1) is 0 Å². The van der Waals surface area contributed by atoms with Gasteiger partial charge in [-0.2, -0.15) is 0 Å². The van der Waals surface area contributed by atoms with Gasteiger partial charge >= 0.3 is 0 Å². The van der Waals surface area contributed by atoms with E-state index in [-0.39, 0.29) is 0 Å². The Morgan fingerprint density at radius 3 is 2.25 bits per heavy atom. The zero-order valence-electron chi connectivity index (χ0n) is 9.74. The quantitative estimate of drug-likeness (QED) is 0.755. The third-order valence-corrected chi connectivity index (χ3v) is 4.09. The molecule has 2 nitrogen and oxygen atoms in total. The van der Waals surface area contributed by atoms with Gasteiger partial charge in [0.1, 0.15) is 0 Å². The molecule has 1 aromatic carbocycles. The summed E-state index contributed by atoms with van der Waals surface area (Å²) >= 11 is 0. The minimum atomic E-state index is -0.592. The molecule has 0 radical (unpaired) electrons. The molecule has 0 amide bonds. The Kier molecular flexibility index (Phi) is 2.30. The molecule has 2 fully saturated rings. The van der Waals surface area contributed by atoms with E-state index in [1.165, 1.54) is 18.4 Å². The summed E-state index contributed by atoms with van der Waals surface area (Å²) in [5.74, 6) is 0. The van der Waals surface area contributed by atoms with Crippen molar-refractivity contribution in [2.24, 2.45) is 0 Å². The summed E-state index contributed by atoms with van der Waals surface area (Å²) in [6.45, 7) is 2.08. The van der Waals surface area contributed by atoms with Crippen LogP contribution in [-0.4, -0.2) is 17.2 Å². The van der Waals surface area contributed by atoms with Crippen molar-refractivity contribution in [1.29, 1.82) is 0 Å². The smallest absolute Gasteiger partial charge is 0.0926 e. The van der Waals surface area contributed by atoms with Crippen LogP contribution in [0.3, 0.4) is 0 Å². The van der Waals surface area contributed by atoms with Gasteiger partial charge in [-0.05, 0) is 38.2 Å². The van der Waals surface area contributed by atoms with E-state index in [4.69, 9.17) is 0 Å². The Balaban J connectivity index is 1.90. The lowest BCUT2D eigenvalue weighted by Crippen LogP contribution is -2.46. The van der Waals surface area contributed by atoms with Gasteiger partial charge in [0.15, 0.2) is 0 Å². The zero-order chi connectivity index (χ0) is 11.2. The molecule has 2 N–H and O–H groups in total. The van der Waals surface area contributed by atoms with Crippen LogP contribution in [0.2, 0.25) is 0 Å². The highest BCUT2D eigenvalue weighted by atomic mass is 16.3. The summed E-state index contributed by atoms with van der Waals surface area (Å²) in [5.41, 5.74) is 1.76. The van der Waals surface area contributed by atoms with Crippen molar-refractivity contribution in [3.63, 3.8) is 0 Å². The highest BCUT2D eigenvalue weighted by Crippen LogP contribution is 2.40. The second-order valence-electron chi connectivity index (χ2n) is 5.44. The summed E-state index contributed by atoms with van der Waals surface area (Å²) in [5, 5.41) is 14.3. The maximum Gasteiger partial charge on any atom is 0.0926 e. The van der Waals surface area contributed by atoms with E-state index in [1.807, 2.05) is 0 Å². The topological polar surface area (TPSA) is 32.3 Å². The predicted molar refractivity (Wildman–Crippen MR) is 64.3 cm³/mol. The molecular weight excluding hydrogens is 198 g/mol. The molecule has 0 saturated carbocycles. The first-order valence-electron chi connectivity index (χ1n) is 6.21. The average Bonchev–Trinajstić information content (AvgIpc) is 2.59. The molecule has 2 aliphatic heterocycles. The number of fused-ring (bicyclic) bond motifs is 2. The standard InChI is InChI=1S/C14H19NO/c1-10-2-4-11(5-3-10)14(16)8-12-6-7-13(9-14)15-12/h2-5,12-13,15-16H,6-9H2,1H3. The molecule has 2 bridgehead atoms. The molecule has 2 unspecified atom stereocenters. The average molecular weight is 217 g/mol. The summed E-state index contributed by atoms with van der Waals surface area (Å²) in [7, 11) is 0. The lowest BCUT2D eigenvalue weighted by molar-refractivity contribution is -0.0114. The van der Waals surface area contributed by atoms with E-state index in [0.717, 1.165) is 18.4 Å². The van der Waals surface area contributed by atoms with Crippen molar-refractivity contribution in [3.8, 4) is 0 Å². The van der Waals surface area contributed by atoms with Crippen LogP contribution in [0.15, 0.2) is 24.3 Å². The van der Waals surface area contributed by atoms with E-state index in [1.54, 1.807) is 0 Å². The van der Waals surface area contributed by atoms with Gasteiger partial charge in [0.05, 0.1) is 5.60 Å². The molecule has 2 aliphatic rings. The predicted octanol–water partition coefficient (Wildman–Crippen LogP) is 2.10. The van der Waals surface area contributed by atoms with Crippen molar-refractivity contribution in [1.82, 2.24) is 5.32 Å². The Bertz CT molecular complexity index is 372. The lowest BCUT2D eigenvalue weighted by Gasteiger charge is -2.37. The number of piperidine rings is 1. The third kappa shape index (κ3) is 1.66. The molecule has 2 heterocycles. The molecular formula is C14H19NO. The summed E-state index contributed by atoms with van der Waals surface area (Å²) in [4.78, 5) is 0. The molecule has 16 heavy (non-hydrogen) atoms. The molecule has 2 heteroatoms. The zero-order valence-corrected chi connectivity index (χ0v) is 9.74. The van der Waals surface area contributed by atoms with Gasteiger partial charge < -0.3 is 10.4 Å². The second kappa shape index (κ2) is 3.57. The number of benzene rings is 1. The largest absolute Gasteiger partial charge is 0.385 e. The summed E-state index contributed by atoms with van der Waals surface area (Å²) < 4.78 is 0. The van der Waals surface area contributed by atoms with E-state index in [2.05, 4.69) is 36.5 Å². The molecule has 3 rings (SSSR count). The summed E-state index contributed by atoms with van der Waals surface area (Å²) in [6, 6.07) is 9.39. The number of hydrogen-bond acceptors (Lipinski definition) is 2. The molecule has 0 aromatic heterocycles. The van der Waals surface area contributed by atoms with Gasteiger partial charge in [0.25, 0.3) is 0 Å². The van der Waals surface area contributed by atoms with Crippen molar-refractivity contribution in [2.45, 2.75) is 50.3 Å². The fraction of sp³-hybridized carbons (Fsp3) is 0.571. The number of rotatable bonds is 1. The SMILES string of the molecule is Cc1ccc(C2(O)CC3CCC(C2)N3)cc1. The van der Waals surface area contributed by atoms with Crippen LogP contribution < -0.4 is 5.32 Å². The molecule has 2 atom stereocenters. The van der Waals surface area contributed by atoms with Gasteiger partial charge in [0, 0.05) is 12.1 Å². The van der Waals surface area contributed by atoms with Crippen molar-refractivity contribution >= 4 is 0 Å². The first kappa shape index (κ1) is 10.3. The van der Waals surface area contributed by atoms with E-state index >= 15 is 0 Å². The first-order chi connectivity index (χ1) is 7.66. The summed E-state index contributed by atoms with van der Waals surface area (Å²) in [6.07, 6.45) is 4.18. The lowest BCUT2D eigenvalue weighted by atomic mass is 9.81. The highest BCUT2D eigenvalue weighted by Gasteiger charge is 2.43. The molecule has 86 valence electrons. The van der Waals surface area contributed by atoms with Gasteiger partial charge in [-0.25, -0.2) is 0 Å². The monoisotopic (exact) mass is 217 g/mol.